The second-order valence-corrected chi connectivity index (χ2v) is 11.6. The van der Waals surface area contributed by atoms with Gasteiger partial charge in [0, 0.05) is 16.6 Å². The second-order valence-electron chi connectivity index (χ2n) is 10.7. The molecule has 0 amide bonds. The minimum atomic E-state index is -0.709. The van der Waals surface area contributed by atoms with E-state index in [0.29, 0.717) is 10.0 Å². The van der Waals surface area contributed by atoms with E-state index in [1.54, 1.807) is 53.7 Å². The van der Waals surface area contributed by atoms with Crippen molar-refractivity contribution in [2.24, 2.45) is 0 Å². The maximum Gasteiger partial charge on any atom is 0.345 e. The van der Waals surface area contributed by atoms with Crippen LogP contribution in [0.3, 0.4) is 0 Å². The third kappa shape index (κ3) is 9.26. The average Bonchev–Trinajstić information content (AvgIpc) is 2.82. The topological polar surface area (TPSA) is 139 Å². The Morgan fingerprint density at radius 2 is 1.18 bits per heavy atom. The summed E-state index contributed by atoms with van der Waals surface area (Å²) in [5, 5.41) is 22.2. The molecule has 3 aromatic carbocycles. The van der Waals surface area contributed by atoms with Gasteiger partial charge in [0.1, 0.15) is 22.3 Å². The molecule has 10 nitrogen and oxygen atoms in total. The summed E-state index contributed by atoms with van der Waals surface area (Å²) in [6.45, 7) is 12.2. The predicted octanol–water partition coefficient (Wildman–Crippen LogP) is 7.84. The first-order valence-electron chi connectivity index (χ1n) is 12.1. The van der Waals surface area contributed by atoms with Crippen LogP contribution in [0.1, 0.15) is 67.8 Å². The second kappa shape index (κ2) is 12.8. The fourth-order valence-electron chi connectivity index (χ4n) is 3.41. The third-order valence-electron chi connectivity index (χ3n) is 5.04. The Hall–Kier alpha value is -4.12. The van der Waals surface area contributed by atoms with Gasteiger partial charge < -0.3 is 9.47 Å². The number of ether oxygens (including phenoxy) is 2. The first-order valence-corrected chi connectivity index (χ1v) is 12.9. The lowest BCUT2D eigenvalue weighted by Crippen LogP contribution is -2.24. The highest BCUT2D eigenvalue weighted by Gasteiger charge is 2.27. The number of rotatable bonds is 5. The van der Waals surface area contributed by atoms with E-state index in [4.69, 9.17) is 9.47 Å². The number of aryl methyl sites for hydroxylation is 1. The molecule has 212 valence electrons. The monoisotopic (exact) mass is 614 g/mol. The summed E-state index contributed by atoms with van der Waals surface area (Å²) >= 11 is 3.12. The first-order chi connectivity index (χ1) is 18.4. The summed E-state index contributed by atoms with van der Waals surface area (Å²) in [5.74, 6) is -1.39. The number of benzene rings is 3. The summed E-state index contributed by atoms with van der Waals surface area (Å²) in [4.78, 5) is 44.9. The van der Waals surface area contributed by atoms with Crippen molar-refractivity contribution in [1.82, 2.24) is 0 Å². The Morgan fingerprint density at radius 1 is 0.725 bits per heavy atom. The van der Waals surface area contributed by atoms with Crippen molar-refractivity contribution in [2.75, 3.05) is 0 Å². The van der Waals surface area contributed by atoms with Crippen LogP contribution in [0, 0.1) is 27.2 Å². The van der Waals surface area contributed by atoms with E-state index in [2.05, 4.69) is 15.9 Å². The number of esters is 2. The van der Waals surface area contributed by atoms with Crippen LogP contribution in [0.4, 0.5) is 11.4 Å². The van der Waals surface area contributed by atoms with Crippen LogP contribution in [0.15, 0.2) is 65.1 Å². The molecule has 0 bridgehead atoms. The molecule has 0 atom stereocenters. The molecule has 0 aliphatic rings. The highest BCUT2D eigenvalue weighted by atomic mass is 79.9. The molecule has 0 spiro atoms. The van der Waals surface area contributed by atoms with Gasteiger partial charge in [0.15, 0.2) is 0 Å². The van der Waals surface area contributed by atoms with E-state index in [0.717, 1.165) is 11.1 Å². The van der Waals surface area contributed by atoms with Crippen LogP contribution >= 0.6 is 15.9 Å². The Kier molecular flexibility index (Phi) is 10.3. The zero-order valence-electron chi connectivity index (χ0n) is 23.3. The minimum Gasteiger partial charge on any atom is -0.456 e. The van der Waals surface area contributed by atoms with Crippen LogP contribution in [0.5, 0.6) is 0 Å². The lowest BCUT2D eigenvalue weighted by Gasteiger charge is -2.19. The van der Waals surface area contributed by atoms with Gasteiger partial charge in [-0.05, 0) is 83.4 Å². The number of nitro groups is 2. The molecule has 11 heteroatoms. The van der Waals surface area contributed by atoms with Crippen LogP contribution in [0.25, 0.3) is 11.1 Å². The number of halogens is 1. The molecule has 3 aromatic rings. The van der Waals surface area contributed by atoms with Gasteiger partial charge >= 0.3 is 11.9 Å². The molecule has 0 saturated carbocycles. The zero-order chi connectivity index (χ0) is 30.4. The van der Waals surface area contributed by atoms with Crippen LogP contribution in [0.2, 0.25) is 0 Å². The Morgan fingerprint density at radius 3 is 1.62 bits per heavy atom. The Labute approximate surface area is 240 Å². The lowest BCUT2D eigenvalue weighted by atomic mass is 9.98. The van der Waals surface area contributed by atoms with E-state index in [1.807, 2.05) is 31.2 Å². The number of hydrogen-bond acceptors (Lipinski definition) is 8. The van der Waals surface area contributed by atoms with Crippen LogP contribution in [-0.2, 0) is 9.47 Å². The highest BCUT2D eigenvalue weighted by molar-refractivity contribution is 9.10. The molecule has 3 rings (SSSR count). The standard InChI is InChI=1S/C18H19NO4.C11H12BrNO4/c1-12-7-5-6-8-14(12)13-9-10-15(16(11-13)19(21)22)17(20)23-18(2,3)4;1-11(2,3)17-10(14)8-5-4-7(12)6-9(8)13(15)16/h5-11H,1-4H3;4-6H,1-3H3. The number of carbonyl (C=O) groups is 2. The van der Waals surface area contributed by atoms with Crippen molar-refractivity contribution < 1.29 is 28.9 Å². The van der Waals surface area contributed by atoms with Gasteiger partial charge in [-0.25, -0.2) is 9.59 Å². The maximum absolute atomic E-state index is 12.2. The Balaban J connectivity index is 0.000000294. The molecule has 0 fully saturated rings. The quantitative estimate of drug-likeness (QED) is 0.161. The van der Waals surface area contributed by atoms with Crippen molar-refractivity contribution >= 4 is 39.2 Å². The van der Waals surface area contributed by atoms with Crippen LogP contribution in [-0.4, -0.2) is 33.0 Å². The lowest BCUT2D eigenvalue weighted by molar-refractivity contribution is -0.385. The van der Waals surface area contributed by atoms with E-state index >= 15 is 0 Å². The van der Waals surface area contributed by atoms with E-state index in [-0.39, 0.29) is 22.5 Å². The van der Waals surface area contributed by atoms with Gasteiger partial charge in [-0.3, -0.25) is 20.2 Å². The number of nitro benzene ring substituents is 2. The maximum atomic E-state index is 12.2. The molecule has 0 N–H and O–H groups in total. The van der Waals surface area contributed by atoms with Gasteiger partial charge in [-0.2, -0.15) is 0 Å². The van der Waals surface area contributed by atoms with Gasteiger partial charge in [-0.15, -0.1) is 0 Å². The molecule has 0 heterocycles. The molecule has 40 heavy (non-hydrogen) atoms. The molecule has 0 aliphatic heterocycles. The first kappa shape index (κ1) is 32.1. The Bertz CT molecular complexity index is 1440. The SMILES string of the molecule is CC(C)(C)OC(=O)c1ccc(Br)cc1[N+](=O)[O-].Cc1ccccc1-c1ccc(C(=O)OC(C)(C)C)c([N+](=O)[O-])c1. The van der Waals surface area contributed by atoms with Gasteiger partial charge in [0.2, 0.25) is 0 Å². The largest absolute Gasteiger partial charge is 0.456 e. The number of hydrogen-bond donors (Lipinski definition) is 0. The predicted molar refractivity (Wildman–Crippen MR) is 154 cm³/mol. The fourth-order valence-corrected chi connectivity index (χ4v) is 3.76. The van der Waals surface area contributed by atoms with Gasteiger partial charge in [0.25, 0.3) is 11.4 Å². The van der Waals surface area contributed by atoms with E-state index in [9.17, 15) is 29.8 Å². The molecular formula is C29H31BrN2O8. The summed E-state index contributed by atoms with van der Waals surface area (Å²) in [6, 6.07) is 16.4. The summed E-state index contributed by atoms with van der Waals surface area (Å²) in [7, 11) is 0. The molecular weight excluding hydrogens is 584 g/mol. The van der Waals surface area contributed by atoms with E-state index < -0.39 is 33.0 Å². The van der Waals surface area contributed by atoms with Crippen molar-refractivity contribution in [3.05, 3.63) is 102 Å². The van der Waals surface area contributed by atoms with Crippen LogP contribution < -0.4 is 0 Å². The van der Waals surface area contributed by atoms with Gasteiger partial charge in [0.05, 0.1) is 9.85 Å². The van der Waals surface area contributed by atoms with Crippen molar-refractivity contribution in [2.45, 2.75) is 59.7 Å². The van der Waals surface area contributed by atoms with Crippen molar-refractivity contribution in [3.8, 4) is 11.1 Å². The highest BCUT2D eigenvalue weighted by Crippen LogP contribution is 2.30. The molecule has 0 aliphatic carbocycles. The fraction of sp³-hybridized carbons (Fsp3) is 0.310. The van der Waals surface area contributed by atoms with Crippen molar-refractivity contribution in [1.29, 1.82) is 0 Å². The summed E-state index contributed by atoms with van der Waals surface area (Å²) < 4.78 is 10.9. The summed E-state index contributed by atoms with van der Waals surface area (Å²) in [5.41, 5.74) is 0.599. The minimum absolute atomic E-state index is 0.0396. The normalized spacial score (nSPS) is 11.1. The molecule has 0 unspecified atom stereocenters. The molecule has 0 aromatic heterocycles. The summed E-state index contributed by atoms with van der Waals surface area (Å²) in [6.07, 6.45) is 0. The smallest absolute Gasteiger partial charge is 0.345 e. The zero-order valence-corrected chi connectivity index (χ0v) is 24.9. The molecule has 0 radical (unpaired) electrons. The van der Waals surface area contributed by atoms with Gasteiger partial charge in [-0.1, -0.05) is 46.3 Å². The third-order valence-corrected chi connectivity index (χ3v) is 5.54. The van der Waals surface area contributed by atoms with Crippen molar-refractivity contribution in [3.63, 3.8) is 0 Å². The average molecular weight is 615 g/mol. The van der Waals surface area contributed by atoms with E-state index in [1.165, 1.54) is 24.3 Å². The number of carbonyl (C=O) groups excluding carboxylic acids is 2. The number of nitrogens with zero attached hydrogens (tertiary/aromatic N) is 2. The molecule has 0 saturated heterocycles.